The fourth-order valence-corrected chi connectivity index (χ4v) is 3.52. The van der Waals surface area contributed by atoms with E-state index >= 15 is 0 Å². The van der Waals surface area contributed by atoms with Crippen LogP contribution >= 0.6 is 0 Å². The fraction of sp³-hybridized carbons (Fsp3) is 0.579. The van der Waals surface area contributed by atoms with Gasteiger partial charge in [-0.1, -0.05) is 13.3 Å². The number of H-pyrrole nitrogens is 1. The summed E-state index contributed by atoms with van der Waals surface area (Å²) in [6.45, 7) is 3.78. The second kappa shape index (κ2) is 9.34. The molecule has 146 valence electrons. The molecule has 0 radical (unpaired) electrons. The molecule has 0 bridgehead atoms. The van der Waals surface area contributed by atoms with Gasteiger partial charge in [-0.3, -0.25) is 15.3 Å². The third-order valence-corrected chi connectivity index (χ3v) is 5.23. The van der Waals surface area contributed by atoms with Crippen LogP contribution in [0.3, 0.4) is 0 Å². The van der Waals surface area contributed by atoms with Crippen LogP contribution in [0.1, 0.15) is 45.4 Å². The third kappa shape index (κ3) is 5.18. The maximum Gasteiger partial charge on any atom is 0.227 e. The topological polar surface area (TPSA) is 119 Å². The average Bonchev–Trinajstić information content (AvgIpc) is 3.17. The summed E-state index contributed by atoms with van der Waals surface area (Å²) >= 11 is 0. The van der Waals surface area contributed by atoms with Crippen LogP contribution in [0.4, 0.5) is 5.69 Å². The van der Waals surface area contributed by atoms with Crippen LogP contribution in [-0.2, 0) is 4.79 Å². The van der Waals surface area contributed by atoms with Crippen molar-refractivity contribution in [2.45, 2.75) is 45.4 Å². The Labute approximate surface area is 159 Å². The molecule has 2 aromatic rings. The van der Waals surface area contributed by atoms with Crippen LogP contribution < -0.4 is 16.0 Å². The first kappa shape index (κ1) is 19.1. The predicted molar refractivity (Wildman–Crippen MR) is 107 cm³/mol. The first-order valence-corrected chi connectivity index (χ1v) is 9.82. The summed E-state index contributed by atoms with van der Waals surface area (Å²) in [7, 11) is 0. The van der Waals surface area contributed by atoms with E-state index in [1.165, 1.54) is 0 Å². The SMILES string of the molecule is CCCCNC(=N)NCC1CCC(C(=O)Nc2ccnc3[nH]ncc23)CC1. The van der Waals surface area contributed by atoms with Crippen LogP contribution in [0.25, 0.3) is 11.0 Å². The zero-order valence-electron chi connectivity index (χ0n) is 15.8. The number of hydrogen-bond acceptors (Lipinski definition) is 4. The van der Waals surface area contributed by atoms with Crippen LogP contribution in [-0.4, -0.2) is 40.1 Å². The summed E-state index contributed by atoms with van der Waals surface area (Å²) in [5.74, 6) is 1.04. The highest BCUT2D eigenvalue weighted by atomic mass is 16.1. The van der Waals surface area contributed by atoms with Gasteiger partial charge in [-0.2, -0.15) is 5.10 Å². The van der Waals surface area contributed by atoms with Crippen molar-refractivity contribution in [3.8, 4) is 0 Å². The van der Waals surface area contributed by atoms with Gasteiger partial charge in [0.1, 0.15) is 0 Å². The zero-order valence-corrected chi connectivity index (χ0v) is 15.8. The number of carbonyl (C=O) groups is 1. The molecule has 1 amide bonds. The van der Waals surface area contributed by atoms with Gasteiger partial charge in [-0.15, -0.1) is 0 Å². The molecular formula is C19H29N7O. The number of pyridine rings is 1. The molecule has 27 heavy (non-hydrogen) atoms. The van der Waals surface area contributed by atoms with E-state index in [0.717, 1.165) is 62.7 Å². The zero-order chi connectivity index (χ0) is 19.1. The van der Waals surface area contributed by atoms with Gasteiger partial charge in [0.15, 0.2) is 11.6 Å². The second-order valence-electron chi connectivity index (χ2n) is 7.23. The standard InChI is InChI=1S/C19H29N7O/c1-2-3-9-22-19(20)23-11-13-4-6-14(7-5-13)18(27)25-16-8-10-21-17-15(16)12-24-26-17/h8,10,12-14H,2-7,9,11H2,1H3,(H3,20,22,23)(H2,21,24,25,26,27). The van der Waals surface area contributed by atoms with Crippen molar-refractivity contribution < 1.29 is 4.79 Å². The lowest BCUT2D eigenvalue weighted by Crippen LogP contribution is -2.40. The molecule has 0 saturated heterocycles. The highest BCUT2D eigenvalue weighted by Gasteiger charge is 2.26. The Hall–Kier alpha value is -2.64. The molecule has 0 unspecified atom stereocenters. The summed E-state index contributed by atoms with van der Waals surface area (Å²) in [6.07, 6.45) is 9.33. The first-order valence-electron chi connectivity index (χ1n) is 9.82. The number of aromatic nitrogens is 3. The number of nitrogens with zero attached hydrogens (tertiary/aromatic N) is 2. The van der Waals surface area contributed by atoms with Gasteiger partial charge in [-0.25, -0.2) is 4.98 Å². The number of aromatic amines is 1. The van der Waals surface area contributed by atoms with Gasteiger partial charge < -0.3 is 16.0 Å². The van der Waals surface area contributed by atoms with Crippen molar-refractivity contribution in [1.29, 1.82) is 5.41 Å². The number of guanidine groups is 1. The second-order valence-corrected chi connectivity index (χ2v) is 7.23. The molecule has 8 heteroatoms. The van der Waals surface area contributed by atoms with Crippen molar-refractivity contribution in [1.82, 2.24) is 25.8 Å². The maximum atomic E-state index is 12.6. The summed E-state index contributed by atoms with van der Waals surface area (Å²) in [4.78, 5) is 16.8. The van der Waals surface area contributed by atoms with E-state index in [1.54, 1.807) is 12.4 Å². The lowest BCUT2D eigenvalue weighted by molar-refractivity contribution is -0.121. The smallest absolute Gasteiger partial charge is 0.227 e. The van der Waals surface area contributed by atoms with Crippen molar-refractivity contribution in [2.24, 2.45) is 11.8 Å². The van der Waals surface area contributed by atoms with Crippen molar-refractivity contribution in [3.63, 3.8) is 0 Å². The Kier molecular flexibility index (Phi) is 6.62. The van der Waals surface area contributed by atoms with Crippen molar-refractivity contribution >= 4 is 28.6 Å². The normalized spacial score (nSPS) is 19.6. The molecule has 0 spiro atoms. The van der Waals surface area contributed by atoms with E-state index < -0.39 is 0 Å². The molecule has 1 fully saturated rings. The van der Waals surface area contributed by atoms with Crippen LogP contribution in [0.15, 0.2) is 18.5 Å². The number of hydrogen-bond donors (Lipinski definition) is 5. The van der Waals surface area contributed by atoms with Gasteiger partial charge in [0.05, 0.1) is 17.3 Å². The molecule has 3 rings (SSSR count). The van der Waals surface area contributed by atoms with Crippen molar-refractivity contribution in [2.75, 3.05) is 18.4 Å². The molecule has 1 saturated carbocycles. The van der Waals surface area contributed by atoms with Crippen LogP contribution in [0.5, 0.6) is 0 Å². The van der Waals surface area contributed by atoms with Crippen LogP contribution in [0.2, 0.25) is 0 Å². The minimum Gasteiger partial charge on any atom is -0.357 e. The Morgan fingerprint density at radius 3 is 2.89 bits per heavy atom. The van der Waals surface area contributed by atoms with Gasteiger partial charge >= 0.3 is 0 Å². The van der Waals surface area contributed by atoms with Gasteiger partial charge in [-0.05, 0) is 44.1 Å². The molecule has 1 aliphatic carbocycles. The quantitative estimate of drug-likeness (QED) is 0.291. The minimum absolute atomic E-state index is 0.0403. The largest absolute Gasteiger partial charge is 0.357 e. The average molecular weight is 371 g/mol. The fourth-order valence-electron chi connectivity index (χ4n) is 3.52. The number of fused-ring (bicyclic) bond motifs is 1. The number of anilines is 1. The van der Waals surface area contributed by atoms with Gasteiger partial charge in [0.2, 0.25) is 5.91 Å². The molecule has 0 aromatic carbocycles. The number of carbonyl (C=O) groups excluding carboxylic acids is 1. The number of unbranched alkanes of at least 4 members (excludes halogenated alkanes) is 1. The Bertz CT molecular complexity index is 764. The van der Waals surface area contributed by atoms with Crippen LogP contribution in [0, 0.1) is 17.2 Å². The molecule has 5 N–H and O–H groups in total. The van der Waals surface area contributed by atoms with E-state index in [0.29, 0.717) is 17.5 Å². The van der Waals surface area contributed by atoms with Gasteiger partial charge in [0, 0.05) is 25.2 Å². The van der Waals surface area contributed by atoms with E-state index in [1.807, 2.05) is 6.07 Å². The van der Waals surface area contributed by atoms with E-state index in [2.05, 4.69) is 38.1 Å². The minimum atomic E-state index is 0.0403. The Morgan fingerprint density at radius 1 is 1.30 bits per heavy atom. The molecular weight excluding hydrogens is 342 g/mol. The predicted octanol–water partition coefficient (Wildman–Crippen LogP) is 2.62. The van der Waals surface area contributed by atoms with E-state index in [4.69, 9.17) is 5.41 Å². The highest BCUT2D eigenvalue weighted by Crippen LogP contribution is 2.30. The molecule has 2 aromatic heterocycles. The lowest BCUT2D eigenvalue weighted by atomic mass is 9.81. The Balaban J connectivity index is 1.42. The Morgan fingerprint density at radius 2 is 2.11 bits per heavy atom. The monoisotopic (exact) mass is 371 g/mol. The van der Waals surface area contributed by atoms with Gasteiger partial charge in [0.25, 0.3) is 0 Å². The number of nitrogens with one attached hydrogen (secondary N) is 5. The first-order chi connectivity index (χ1) is 13.2. The summed E-state index contributed by atoms with van der Waals surface area (Å²) < 4.78 is 0. The summed E-state index contributed by atoms with van der Waals surface area (Å²) in [6, 6.07) is 1.81. The molecule has 0 aliphatic heterocycles. The lowest BCUT2D eigenvalue weighted by Gasteiger charge is -2.28. The summed E-state index contributed by atoms with van der Waals surface area (Å²) in [5.41, 5.74) is 1.44. The number of rotatable bonds is 7. The molecule has 8 nitrogen and oxygen atoms in total. The van der Waals surface area contributed by atoms with E-state index in [9.17, 15) is 4.79 Å². The van der Waals surface area contributed by atoms with E-state index in [-0.39, 0.29) is 11.8 Å². The molecule has 2 heterocycles. The third-order valence-electron chi connectivity index (χ3n) is 5.23. The highest BCUT2D eigenvalue weighted by molar-refractivity contribution is 6.00. The molecule has 1 aliphatic rings. The molecule has 0 atom stereocenters. The van der Waals surface area contributed by atoms with Crippen molar-refractivity contribution in [3.05, 3.63) is 18.5 Å². The number of amides is 1. The summed E-state index contributed by atoms with van der Waals surface area (Å²) in [5, 5.41) is 24.8. The maximum absolute atomic E-state index is 12.6.